The first-order valence-electron chi connectivity index (χ1n) is 5.25. The van der Waals surface area contributed by atoms with Crippen LogP contribution in [0.2, 0.25) is 5.02 Å². The van der Waals surface area contributed by atoms with Crippen molar-refractivity contribution in [3.63, 3.8) is 0 Å². The van der Waals surface area contributed by atoms with Gasteiger partial charge in [0.2, 0.25) is 5.91 Å². The number of benzene rings is 1. The molecular weight excluding hydrogens is 210 g/mol. The molecule has 15 heavy (non-hydrogen) atoms. The molecule has 3 heteroatoms. The second kappa shape index (κ2) is 4.67. The molecule has 1 N–H and O–H groups in total. The number of halogens is 1. The Morgan fingerprint density at radius 1 is 1.33 bits per heavy atom. The van der Waals surface area contributed by atoms with Gasteiger partial charge in [0.15, 0.2) is 0 Å². The van der Waals surface area contributed by atoms with E-state index >= 15 is 0 Å². The van der Waals surface area contributed by atoms with Gasteiger partial charge in [0, 0.05) is 18.0 Å². The van der Waals surface area contributed by atoms with Crippen molar-refractivity contribution >= 4 is 17.5 Å². The van der Waals surface area contributed by atoms with Crippen molar-refractivity contribution in [1.29, 1.82) is 0 Å². The Morgan fingerprint density at radius 2 is 2.00 bits per heavy atom. The molecule has 80 valence electrons. The number of rotatable bonds is 4. The Morgan fingerprint density at radius 3 is 2.60 bits per heavy atom. The third kappa shape index (κ3) is 3.56. The third-order valence-electron chi connectivity index (χ3n) is 2.57. The summed E-state index contributed by atoms with van der Waals surface area (Å²) in [6.07, 6.45) is 3.12. The van der Waals surface area contributed by atoms with Gasteiger partial charge in [-0.1, -0.05) is 23.7 Å². The number of carbonyl (C=O) groups is 1. The SMILES string of the molecule is O=C(CC1CC1)NCc1ccc(Cl)cc1. The zero-order chi connectivity index (χ0) is 10.7. The second-order valence-corrected chi connectivity index (χ2v) is 4.49. The average molecular weight is 224 g/mol. The van der Waals surface area contributed by atoms with Crippen molar-refractivity contribution in [1.82, 2.24) is 5.32 Å². The second-order valence-electron chi connectivity index (χ2n) is 4.05. The molecule has 2 rings (SSSR count). The molecule has 0 saturated heterocycles. The summed E-state index contributed by atoms with van der Waals surface area (Å²) in [7, 11) is 0. The number of amides is 1. The molecule has 0 bridgehead atoms. The van der Waals surface area contributed by atoms with Gasteiger partial charge in [0.05, 0.1) is 0 Å². The molecule has 0 aliphatic heterocycles. The van der Waals surface area contributed by atoms with E-state index in [-0.39, 0.29) is 5.91 Å². The molecule has 1 fully saturated rings. The number of nitrogens with one attached hydrogen (secondary N) is 1. The van der Waals surface area contributed by atoms with Crippen molar-refractivity contribution in [2.75, 3.05) is 0 Å². The summed E-state index contributed by atoms with van der Waals surface area (Å²) in [5.41, 5.74) is 1.09. The van der Waals surface area contributed by atoms with Crippen LogP contribution in [0.15, 0.2) is 24.3 Å². The Labute approximate surface area is 94.6 Å². The normalized spacial score (nSPS) is 15.0. The zero-order valence-corrected chi connectivity index (χ0v) is 9.26. The first-order valence-corrected chi connectivity index (χ1v) is 5.63. The van der Waals surface area contributed by atoms with Gasteiger partial charge in [-0.05, 0) is 36.5 Å². The monoisotopic (exact) mass is 223 g/mol. The van der Waals surface area contributed by atoms with E-state index in [0.29, 0.717) is 18.9 Å². The van der Waals surface area contributed by atoms with Gasteiger partial charge in [-0.15, -0.1) is 0 Å². The highest BCUT2D eigenvalue weighted by Gasteiger charge is 2.23. The molecule has 0 unspecified atom stereocenters. The van der Waals surface area contributed by atoms with E-state index < -0.39 is 0 Å². The van der Waals surface area contributed by atoms with E-state index in [1.165, 1.54) is 12.8 Å². The summed E-state index contributed by atoms with van der Waals surface area (Å²) in [6.45, 7) is 0.600. The predicted octanol–water partition coefficient (Wildman–Crippen LogP) is 2.76. The minimum atomic E-state index is 0.160. The molecule has 0 radical (unpaired) electrons. The lowest BCUT2D eigenvalue weighted by atomic mass is 10.2. The largest absolute Gasteiger partial charge is 0.352 e. The maximum atomic E-state index is 11.4. The van der Waals surface area contributed by atoms with Crippen LogP contribution in [0.5, 0.6) is 0 Å². The van der Waals surface area contributed by atoms with Crippen LogP contribution in [0.4, 0.5) is 0 Å². The summed E-state index contributed by atoms with van der Waals surface area (Å²) in [5.74, 6) is 0.808. The standard InChI is InChI=1S/C12H14ClNO/c13-11-5-3-10(4-6-11)8-14-12(15)7-9-1-2-9/h3-6,9H,1-2,7-8H2,(H,14,15). The van der Waals surface area contributed by atoms with Crippen LogP contribution in [0, 0.1) is 5.92 Å². The van der Waals surface area contributed by atoms with Crippen molar-refractivity contribution in [2.24, 2.45) is 5.92 Å². The van der Waals surface area contributed by atoms with Crippen LogP contribution < -0.4 is 5.32 Å². The lowest BCUT2D eigenvalue weighted by Gasteiger charge is -2.04. The quantitative estimate of drug-likeness (QED) is 0.836. The summed E-state index contributed by atoms with van der Waals surface area (Å²) < 4.78 is 0. The Bertz CT molecular complexity index is 343. The Hall–Kier alpha value is -1.02. The molecule has 0 heterocycles. The number of hydrogen-bond acceptors (Lipinski definition) is 1. The maximum absolute atomic E-state index is 11.4. The predicted molar refractivity (Wildman–Crippen MR) is 60.6 cm³/mol. The van der Waals surface area contributed by atoms with Crippen LogP contribution in [-0.2, 0) is 11.3 Å². The van der Waals surface area contributed by atoms with Gasteiger partial charge in [0.25, 0.3) is 0 Å². The Balaban J connectivity index is 1.76. The average Bonchev–Trinajstić information content (AvgIpc) is 3.01. The molecule has 1 amide bonds. The lowest BCUT2D eigenvalue weighted by molar-refractivity contribution is -0.121. The molecule has 1 aliphatic carbocycles. The van der Waals surface area contributed by atoms with E-state index in [9.17, 15) is 4.79 Å². The summed E-state index contributed by atoms with van der Waals surface area (Å²) in [6, 6.07) is 7.54. The fourth-order valence-electron chi connectivity index (χ4n) is 1.46. The zero-order valence-electron chi connectivity index (χ0n) is 8.50. The third-order valence-corrected chi connectivity index (χ3v) is 2.83. The van der Waals surface area contributed by atoms with Gasteiger partial charge >= 0.3 is 0 Å². The molecule has 2 nitrogen and oxygen atoms in total. The van der Waals surface area contributed by atoms with Gasteiger partial charge in [-0.25, -0.2) is 0 Å². The van der Waals surface area contributed by atoms with E-state index in [0.717, 1.165) is 10.6 Å². The van der Waals surface area contributed by atoms with Crippen molar-refractivity contribution < 1.29 is 4.79 Å². The first-order chi connectivity index (χ1) is 7.24. The molecular formula is C12H14ClNO. The first kappa shape index (κ1) is 10.5. The van der Waals surface area contributed by atoms with Gasteiger partial charge in [-0.2, -0.15) is 0 Å². The fourth-order valence-corrected chi connectivity index (χ4v) is 1.59. The minimum Gasteiger partial charge on any atom is -0.352 e. The Kier molecular flexibility index (Phi) is 3.27. The molecule has 1 aromatic carbocycles. The van der Waals surface area contributed by atoms with Crippen LogP contribution in [0.1, 0.15) is 24.8 Å². The van der Waals surface area contributed by atoms with E-state index in [1.54, 1.807) is 0 Å². The van der Waals surface area contributed by atoms with Crippen molar-refractivity contribution in [3.8, 4) is 0 Å². The maximum Gasteiger partial charge on any atom is 0.220 e. The van der Waals surface area contributed by atoms with Gasteiger partial charge in [0.1, 0.15) is 0 Å². The van der Waals surface area contributed by atoms with E-state index in [2.05, 4.69) is 5.32 Å². The fraction of sp³-hybridized carbons (Fsp3) is 0.417. The van der Waals surface area contributed by atoms with E-state index in [1.807, 2.05) is 24.3 Å². The molecule has 1 aliphatic rings. The summed E-state index contributed by atoms with van der Waals surface area (Å²) in [5, 5.41) is 3.63. The van der Waals surface area contributed by atoms with Crippen LogP contribution in [0.3, 0.4) is 0 Å². The van der Waals surface area contributed by atoms with Crippen molar-refractivity contribution in [2.45, 2.75) is 25.8 Å². The van der Waals surface area contributed by atoms with Crippen LogP contribution in [-0.4, -0.2) is 5.91 Å². The van der Waals surface area contributed by atoms with Gasteiger partial charge < -0.3 is 5.32 Å². The highest BCUT2D eigenvalue weighted by atomic mass is 35.5. The van der Waals surface area contributed by atoms with E-state index in [4.69, 9.17) is 11.6 Å². The van der Waals surface area contributed by atoms with Crippen molar-refractivity contribution in [3.05, 3.63) is 34.9 Å². The highest BCUT2D eigenvalue weighted by molar-refractivity contribution is 6.30. The smallest absolute Gasteiger partial charge is 0.220 e. The molecule has 0 spiro atoms. The molecule has 0 atom stereocenters. The van der Waals surface area contributed by atoms with Crippen LogP contribution >= 0.6 is 11.6 Å². The topological polar surface area (TPSA) is 29.1 Å². The highest BCUT2D eigenvalue weighted by Crippen LogP contribution is 2.32. The lowest BCUT2D eigenvalue weighted by Crippen LogP contribution is -2.22. The van der Waals surface area contributed by atoms with Crippen LogP contribution in [0.25, 0.3) is 0 Å². The number of hydrogen-bond donors (Lipinski definition) is 1. The number of carbonyl (C=O) groups excluding carboxylic acids is 1. The minimum absolute atomic E-state index is 0.160. The summed E-state index contributed by atoms with van der Waals surface area (Å²) >= 11 is 5.76. The summed E-state index contributed by atoms with van der Waals surface area (Å²) in [4.78, 5) is 11.4. The molecule has 0 aromatic heterocycles. The molecule has 1 aromatic rings. The van der Waals surface area contributed by atoms with Gasteiger partial charge in [-0.3, -0.25) is 4.79 Å². The molecule has 1 saturated carbocycles.